The van der Waals surface area contributed by atoms with Gasteiger partial charge in [-0.05, 0) is 34.5 Å². The Labute approximate surface area is 85.0 Å². The van der Waals surface area contributed by atoms with Crippen molar-refractivity contribution >= 4 is 15.9 Å². The second kappa shape index (κ2) is 3.20. The predicted molar refractivity (Wildman–Crippen MR) is 52.9 cm³/mol. The van der Waals surface area contributed by atoms with Gasteiger partial charge in [-0.2, -0.15) is 0 Å². The van der Waals surface area contributed by atoms with Crippen molar-refractivity contribution in [3.63, 3.8) is 0 Å². The van der Waals surface area contributed by atoms with Gasteiger partial charge in [0, 0.05) is 6.04 Å². The lowest BCUT2D eigenvalue weighted by atomic mass is 10.1. The molecule has 1 atom stereocenters. The number of hydrogen-bond acceptors (Lipinski definition) is 3. The Balaban J connectivity index is 2.52. The Kier molecular flexibility index (Phi) is 2.17. The van der Waals surface area contributed by atoms with E-state index >= 15 is 0 Å². The van der Waals surface area contributed by atoms with Gasteiger partial charge in [0.1, 0.15) is 0 Å². The number of rotatable bonds is 1. The Morgan fingerprint density at radius 1 is 1.46 bits per heavy atom. The Morgan fingerprint density at radius 2 is 2.23 bits per heavy atom. The fourth-order valence-electron chi connectivity index (χ4n) is 1.31. The molecule has 0 aromatic heterocycles. The molecule has 0 bridgehead atoms. The number of benzene rings is 1. The molecule has 3 nitrogen and oxygen atoms in total. The molecule has 13 heavy (non-hydrogen) atoms. The van der Waals surface area contributed by atoms with Gasteiger partial charge in [0.05, 0.1) is 4.47 Å². The maximum Gasteiger partial charge on any atom is 0.231 e. The molecular weight excluding hydrogens is 234 g/mol. The number of hydrogen-bond donors (Lipinski definition) is 1. The molecule has 4 heteroatoms. The molecule has 1 aliphatic rings. The van der Waals surface area contributed by atoms with Crippen LogP contribution in [0.4, 0.5) is 0 Å². The fraction of sp³-hybridized carbons (Fsp3) is 0.333. The highest BCUT2D eigenvalue weighted by Gasteiger charge is 2.20. The van der Waals surface area contributed by atoms with Crippen molar-refractivity contribution < 1.29 is 9.47 Å². The van der Waals surface area contributed by atoms with E-state index in [1.807, 2.05) is 19.1 Å². The minimum Gasteiger partial charge on any atom is -0.454 e. The van der Waals surface area contributed by atoms with Crippen molar-refractivity contribution in [3.8, 4) is 11.5 Å². The number of fused-ring (bicyclic) bond motifs is 1. The highest BCUT2D eigenvalue weighted by atomic mass is 79.9. The molecule has 0 fully saturated rings. The molecule has 1 aromatic carbocycles. The van der Waals surface area contributed by atoms with E-state index < -0.39 is 0 Å². The van der Waals surface area contributed by atoms with E-state index in [0.29, 0.717) is 0 Å². The van der Waals surface area contributed by atoms with Crippen LogP contribution >= 0.6 is 15.9 Å². The van der Waals surface area contributed by atoms with Gasteiger partial charge < -0.3 is 15.2 Å². The van der Waals surface area contributed by atoms with E-state index in [2.05, 4.69) is 15.9 Å². The van der Waals surface area contributed by atoms with Crippen molar-refractivity contribution in [2.45, 2.75) is 13.0 Å². The van der Waals surface area contributed by atoms with Crippen LogP contribution in [-0.2, 0) is 0 Å². The summed E-state index contributed by atoms with van der Waals surface area (Å²) in [5.74, 6) is 1.53. The SMILES string of the molecule is CC(N)c1ccc2c(c1Br)OCO2. The van der Waals surface area contributed by atoms with E-state index in [4.69, 9.17) is 15.2 Å². The molecule has 0 saturated carbocycles. The minimum atomic E-state index is -0.0103. The quantitative estimate of drug-likeness (QED) is 0.823. The van der Waals surface area contributed by atoms with E-state index in [1.165, 1.54) is 0 Å². The molecule has 1 heterocycles. The van der Waals surface area contributed by atoms with Gasteiger partial charge in [-0.25, -0.2) is 0 Å². The van der Waals surface area contributed by atoms with E-state index in [1.54, 1.807) is 0 Å². The second-order valence-corrected chi connectivity index (χ2v) is 3.78. The molecule has 70 valence electrons. The summed E-state index contributed by atoms with van der Waals surface area (Å²) >= 11 is 3.45. The number of nitrogens with two attached hydrogens (primary N) is 1. The van der Waals surface area contributed by atoms with Gasteiger partial charge in [-0.3, -0.25) is 0 Å². The van der Waals surface area contributed by atoms with Crippen LogP contribution in [0.2, 0.25) is 0 Å². The molecule has 0 aliphatic carbocycles. The van der Waals surface area contributed by atoms with Gasteiger partial charge in [0.15, 0.2) is 11.5 Å². The van der Waals surface area contributed by atoms with Crippen LogP contribution in [0.15, 0.2) is 16.6 Å². The minimum absolute atomic E-state index is 0.0103. The lowest BCUT2D eigenvalue weighted by Gasteiger charge is -2.09. The molecule has 2 rings (SSSR count). The lowest BCUT2D eigenvalue weighted by molar-refractivity contribution is 0.173. The molecule has 1 aliphatic heterocycles. The monoisotopic (exact) mass is 243 g/mol. The summed E-state index contributed by atoms with van der Waals surface area (Å²) in [5, 5.41) is 0. The second-order valence-electron chi connectivity index (χ2n) is 2.99. The summed E-state index contributed by atoms with van der Waals surface area (Å²) in [5.41, 5.74) is 6.81. The highest BCUT2D eigenvalue weighted by molar-refractivity contribution is 9.10. The van der Waals surface area contributed by atoms with Gasteiger partial charge in [0.25, 0.3) is 0 Å². The zero-order valence-electron chi connectivity index (χ0n) is 7.21. The number of ether oxygens (including phenoxy) is 2. The van der Waals surface area contributed by atoms with Gasteiger partial charge >= 0.3 is 0 Å². The van der Waals surface area contributed by atoms with E-state index in [0.717, 1.165) is 21.5 Å². The van der Waals surface area contributed by atoms with Crippen LogP contribution < -0.4 is 15.2 Å². The molecule has 0 spiro atoms. The lowest BCUT2D eigenvalue weighted by Crippen LogP contribution is -2.05. The molecule has 2 N–H and O–H groups in total. The third kappa shape index (κ3) is 1.40. The van der Waals surface area contributed by atoms with Crippen molar-refractivity contribution in [3.05, 3.63) is 22.2 Å². The average molecular weight is 244 g/mol. The van der Waals surface area contributed by atoms with E-state index in [-0.39, 0.29) is 12.8 Å². The van der Waals surface area contributed by atoms with Crippen molar-refractivity contribution in [2.75, 3.05) is 6.79 Å². The summed E-state index contributed by atoms with van der Waals surface area (Å²) in [6.07, 6.45) is 0. The first-order chi connectivity index (χ1) is 6.20. The van der Waals surface area contributed by atoms with Gasteiger partial charge in [0.2, 0.25) is 6.79 Å². The van der Waals surface area contributed by atoms with Crippen molar-refractivity contribution in [1.29, 1.82) is 0 Å². The van der Waals surface area contributed by atoms with Gasteiger partial charge in [-0.1, -0.05) is 6.07 Å². The fourth-order valence-corrected chi connectivity index (χ4v) is 2.11. The molecule has 1 unspecified atom stereocenters. The molecule has 0 saturated heterocycles. The third-order valence-electron chi connectivity index (χ3n) is 2.00. The topological polar surface area (TPSA) is 44.5 Å². The van der Waals surface area contributed by atoms with Crippen LogP contribution in [0.25, 0.3) is 0 Å². The van der Waals surface area contributed by atoms with Crippen molar-refractivity contribution in [2.24, 2.45) is 5.73 Å². The standard InChI is InChI=1S/C9H10BrNO2/c1-5(11)6-2-3-7-9(8(6)10)13-4-12-7/h2-3,5H,4,11H2,1H3. The molecule has 1 aromatic rings. The number of halogens is 1. The average Bonchev–Trinajstić information content (AvgIpc) is 2.52. The largest absolute Gasteiger partial charge is 0.454 e. The van der Waals surface area contributed by atoms with Crippen LogP contribution in [0.1, 0.15) is 18.5 Å². The first kappa shape index (κ1) is 8.84. The predicted octanol–water partition coefficient (Wildman–Crippen LogP) is 2.20. The Bertz CT molecular complexity index is 339. The van der Waals surface area contributed by atoms with Crippen molar-refractivity contribution in [1.82, 2.24) is 0 Å². The first-order valence-corrected chi connectivity index (χ1v) is 4.83. The summed E-state index contributed by atoms with van der Waals surface area (Å²) in [4.78, 5) is 0. The Hall–Kier alpha value is -0.740. The van der Waals surface area contributed by atoms with Gasteiger partial charge in [-0.15, -0.1) is 0 Å². The van der Waals surface area contributed by atoms with Crippen LogP contribution in [0, 0.1) is 0 Å². The van der Waals surface area contributed by atoms with Crippen LogP contribution in [-0.4, -0.2) is 6.79 Å². The van der Waals surface area contributed by atoms with Crippen LogP contribution in [0.5, 0.6) is 11.5 Å². The molecule has 0 amide bonds. The first-order valence-electron chi connectivity index (χ1n) is 4.03. The summed E-state index contributed by atoms with van der Waals surface area (Å²) in [7, 11) is 0. The Morgan fingerprint density at radius 3 is 2.92 bits per heavy atom. The maximum atomic E-state index is 5.78. The highest BCUT2D eigenvalue weighted by Crippen LogP contribution is 2.42. The zero-order chi connectivity index (χ0) is 9.42. The molecule has 0 radical (unpaired) electrons. The normalized spacial score (nSPS) is 15.9. The smallest absolute Gasteiger partial charge is 0.231 e. The third-order valence-corrected chi connectivity index (χ3v) is 2.82. The molecular formula is C9H10BrNO2. The summed E-state index contributed by atoms with van der Waals surface area (Å²) in [6, 6.07) is 3.82. The maximum absolute atomic E-state index is 5.78. The summed E-state index contributed by atoms with van der Waals surface area (Å²) < 4.78 is 11.4. The summed E-state index contributed by atoms with van der Waals surface area (Å²) in [6.45, 7) is 2.22. The van der Waals surface area contributed by atoms with E-state index in [9.17, 15) is 0 Å². The zero-order valence-corrected chi connectivity index (χ0v) is 8.80. The van der Waals surface area contributed by atoms with Crippen LogP contribution in [0.3, 0.4) is 0 Å².